The van der Waals surface area contributed by atoms with Gasteiger partial charge in [-0.25, -0.2) is 4.98 Å². The molecule has 0 bridgehead atoms. The summed E-state index contributed by atoms with van der Waals surface area (Å²) in [5.41, 5.74) is 1.78. The molecule has 5 nitrogen and oxygen atoms in total. The molecule has 2 aromatic rings. The Morgan fingerprint density at radius 3 is 3.29 bits per heavy atom. The maximum Gasteiger partial charge on any atom is 0.180 e. The Morgan fingerprint density at radius 1 is 1.59 bits per heavy atom. The zero-order valence-corrected chi connectivity index (χ0v) is 9.72. The van der Waals surface area contributed by atoms with Gasteiger partial charge in [0.25, 0.3) is 0 Å². The van der Waals surface area contributed by atoms with Gasteiger partial charge in [0.1, 0.15) is 6.10 Å². The number of hydrogen-bond acceptors (Lipinski definition) is 4. The Balaban J connectivity index is 2.00. The van der Waals surface area contributed by atoms with Crippen molar-refractivity contribution in [3.63, 3.8) is 0 Å². The van der Waals surface area contributed by atoms with Gasteiger partial charge in [0, 0.05) is 25.5 Å². The van der Waals surface area contributed by atoms with Gasteiger partial charge in [0.05, 0.1) is 19.4 Å². The van der Waals surface area contributed by atoms with E-state index in [-0.39, 0.29) is 6.10 Å². The summed E-state index contributed by atoms with van der Waals surface area (Å²) >= 11 is 0. The minimum atomic E-state index is 0.0355. The summed E-state index contributed by atoms with van der Waals surface area (Å²) in [4.78, 5) is 4.58. The van der Waals surface area contributed by atoms with Crippen molar-refractivity contribution in [2.75, 3.05) is 26.8 Å². The summed E-state index contributed by atoms with van der Waals surface area (Å²) in [7, 11) is 1.66. The Kier molecular flexibility index (Phi) is 2.70. The molecule has 0 amide bonds. The minimum absolute atomic E-state index is 0.0355. The van der Waals surface area contributed by atoms with E-state index >= 15 is 0 Å². The van der Waals surface area contributed by atoms with Crippen LogP contribution in [0.15, 0.2) is 24.5 Å². The Hall–Kier alpha value is -1.59. The van der Waals surface area contributed by atoms with Crippen LogP contribution in [0.2, 0.25) is 0 Å². The first-order valence-electron chi connectivity index (χ1n) is 5.72. The van der Waals surface area contributed by atoms with Crippen LogP contribution >= 0.6 is 0 Å². The number of methoxy groups -OCH3 is 1. The molecule has 0 radical (unpaired) electrons. The van der Waals surface area contributed by atoms with Crippen molar-refractivity contribution < 1.29 is 9.47 Å². The van der Waals surface area contributed by atoms with Crippen LogP contribution < -0.4 is 10.1 Å². The van der Waals surface area contributed by atoms with Gasteiger partial charge in [0.15, 0.2) is 11.4 Å². The van der Waals surface area contributed by atoms with E-state index < -0.39 is 0 Å². The van der Waals surface area contributed by atoms with E-state index in [9.17, 15) is 0 Å². The first-order chi connectivity index (χ1) is 8.38. The monoisotopic (exact) mass is 233 g/mol. The van der Waals surface area contributed by atoms with Crippen LogP contribution in [0, 0.1) is 0 Å². The largest absolute Gasteiger partial charge is 0.493 e. The van der Waals surface area contributed by atoms with Crippen molar-refractivity contribution in [2.24, 2.45) is 0 Å². The second-order valence-corrected chi connectivity index (χ2v) is 4.04. The SMILES string of the molecule is COc1cccn2cc(C3CNCCO3)nc12. The molecule has 1 saturated heterocycles. The second kappa shape index (κ2) is 4.35. The highest BCUT2D eigenvalue weighted by Gasteiger charge is 2.19. The normalized spacial score (nSPS) is 20.6. The first kappa shape index (κ1) is 10.6. The lowest BCUT2D eigenvalue weighted by atomic mass is 10.2. The molecule has 2 aromatic heterocycles. The highest BCUT2D eigenvalue weighted by Crippen LogP contribution is 2.23. The van der Waals surface area contributed by atoms with Crippen LogP contribution in [-0.2, 0) is 4.74 Å². The number of pyridine rings is 1. The molecular formula is C12H15N3O2. The summed E-state index contributed by atoms with van der Waals surface area (Å²) in [6, 6.07) is 3.85. The number of aromatic nitrogens is 2. The first-order valence-corrected chi connectivity index (χ1v) is 5.72. The van der Waals surface area contributed by atoms with Gasteiger partial charge in [-0.1, -0.05) is 0 Å². The van der Waals surface area contributed by atoms with E-state index in [1.54, 1.807) is 7.11 Å². The molecule has 1 unspecified atom stereocenters. The molecular weight excluding hydrogens is 218 g/mol. The Morgan fingerprint density at radius 2 is 2.53 bits per heavy atom. The van der Waals surface area contributed by atoms with E-state index in [1.165, 1.54) is 0 Å². The fourth-order valence-corrected chi connectivity index (χ4v) is 2.08. The van der Waals surface area contributed by atoms with Gasteiger partial charge >= 0.3 is 0 Å². The van der Waals surface area contributed by atoms with Gasteiger partial charge in [-0.15, -0.1) is 0 Å². The summed E-state index contributed by atoms with van der Waals surface area (Å²) in [5.74, 6) is 0.780. The van der Waals surface area contributed by atoms with E-state index in [0.717, 1.165) is 36.8 Å². The predicted octanol–water partition coefficient (Wildman–Crippen LogP) is 1.00. The lowest BCUT2D eigenvalue weighted by Crippen LogP contribution is -2.33. The lowest BCUT2D eigenvalue weighted by Gasteiger charge is -2.21. The highest BCUT2D eigenvalue weighted by atomic mass is 16.5. The molecule has 0 aliphatic carbocycles. The molecule has 1 aliphatic heterocycles. The Labute approximate surface area is 99.4 Å². The van der Waals surface area contributed by atoms with Gasteiger partial charge in [-0.2, -0.15) is 0 Å². The smallest absolute Gasteiger partial charge is 0.180 e. The minimum Gasteiger partial charge on any atom is -0.493 e. The molecule has 0 saturated carbocycles. The molecule has 1 atom stereocenters. The van der Waals surface area contributed by atoms with Crippen molar-refractivity contribution in [3.8, 4) is 5.75 Å². The molecule has 3 rings (SSSR count). The molecule has 1 fully saturated rings. The van der Waals surface area contributed by atoms with Crippen LogP contribution in [0.1, 0.15) is 11.8 Å². The van der Waals surface area contributed by atoms with Gasteiger partial charge in [-0.3, -0.25) is 0 Å². The maximum atomic E-state index is 5.69. The zero-order valence-electron chi connectivity index (χ0n) is 9.72. The predicted molar refractivity (Wildman–Crippen MR) is 63.3 cm³/mol. The number of morpholine rings is 1. The maximum absolute atomic E-state index is 5.69. The van der Waals surface area contributed by atoms with Crippen LogP contribution in [0.25, 0.3) is 5.65 Å². The van der Waals surface area contributed by atoms with Crippen molar-refractivity contribution in [1.29, 1.82) is 0 Å². The Bertz CT molecular complexity index is 517. The fourth-order valence-electron chi connectivity index (χ4n) is 2.08. The quantitative estimate of drug-likeness (QED) is 0.840. The molecule has 0 spiro atoms. The van der Waals surface area contributed by atoms with E-state index in [2.05, 4.69) is 10.3 Å². The van der Waals surface area contributed by atoms with Crippen LogP contribution in [-0.4, -0.2) is 36.2 Å². The third-order valence-corrected chi connectivity index (χ3v) is 2.94. The number of ether oxygens (including phenoxy) is 2. The number of nitrogens with one attached hydrogen (secondary N) is 1. The van der Waals surface area contributed by atoms with Gasteiger partial charge in [-0.05, 0) is 12.1 Å². The van der Waals surface area contributed by atoms with Crippen LogP contribution in [0.4, 0.5) is 0 Å². The second-order valence-electron chi connectivity index (χ2n) is 4.04. The number of fused-ring (bicyclic) bond motifs is 1. The van der Waals surface area contributed by atoms with Crippen LogP contribution in [0.5, 0.6) is 5.75 Å². The van der Waals surface area contributed by atoms with Gasteiger partial charge < -0.3 is 19.2 Å². The molecule has 3 heterocycles. The van der Waals surface area contributed by atoms with Crippen LogP contribution in [0.3, 0.4) is 0 Å². The number of imidazole rings is 1. The summed E-state index contributed by atoms with van der Waals surface area (Å²) in [6.07, 6.45) is 3.99. The topological polar surface area (TPSA) is 47.8 Å². The number of rotatable bonds is 2. The number of hydrogen-bond donors (Lipinski definition) is 1. The standard InChI is InChI=1S/C12H15N3O2/c1-16-10-3-2-5-15-8-9(14-12(10)15)11-7-13-4-6-17-11/h2-3,5,8,11,13H,4,6-7H2,1H3. The summed E-state index contributed by atoms with van der Waals surface area (Å²) in [6.45, 7) is 2.45. The van der Waals surface area contributed by atoms with E-state index in [4.69, 9.17) is 9.47 Å². The lowest BCUT2D eigenvalue weighted by molar-refractivity contribution is 0.0253. The fraction of sp³-hybridized carbons (Fsp3) is 0.417. The highest BCUT2D eigenvalue weighted by molar-refractivity contribution is 5.54. The number of nitrogens with zero attached hydrogens (tertiary/aromatic N) is 2. The molecule has 1 aliphatic rings. The van der Waals surface area contributed by atoms with Crippen molar-refractivity contribution in [3.05, 3.63) is 30.2 Å². The third kappa shape index (κ3) is 1.87. The van der Waals surface area contributed by atoms with E-state index in [1.807, 2.05) is 28.9 Å². The zero-order chi connectivity index (χ0) is 11.7. The average Bonchev–Trinajstić information content (AvgIpc) is 2.83. The third-order valence-electron chi connectivity index (χ3n) is 2.94. The van der Waals surface area contributed by atoms with Crippen molar-refractivity contribution in [1.82, 2.24) is 14.7 Å². The van der Waals surface area contributed by atoms with Crippen molar-refractivity contribution in [2.45, 2.75) is 6.10 Å². The molecule has 17 heavy (non-hydrogen) atoms. The van der Waals surface area contributed by atoms with E-state index in [0.29, 0.717) is 0 Å². The van der Waals surface area contributed by atoms with Gasteiger partial charge in [0.2, 0.25) is 0 Å². The molecule has 5 heteroatoms. The molecule has 1 N–H and O–H groups in total. The average molecular weight is 233 g/mol. The van der Waals surface area contributed by atoms with Crippen molar-refractivity contribution >= 4 is 5.65 Å². The molecule has 90 valence electrons. The summed E-state index contributed by atoms with van der Waals surface area (Å²) < 4.78 is 12.9. The molecule has 0 aromatic carbocycles. The summed E-state index contributed by atoms with van der Waals surface area (Å²) in [5, 5.41) is 3.30.